The van der Waals surface area contributed by atoms with Crippen LogP contribution in [0.3, 0.4) is 0 Å². The van der Waals surface area contributed by atoms with Gasteiger partial charge in [-0.3, -0.25) is 4.79 Å². The Bertz CT molecular complexity index is 690. The Morgan fingerprint density at radius 1 is 1.28 bits per heavy atom. The summed E-state index contributed by atoms with van der Waals surface area (Å²) in [7, 11) is 0. The first kappa shape index (κ1) is 17.4. The van der Waals surface area contributed by atoms with E-state index in [2.05, 4.69) is 15.6 Å². The van der Waals surface area contributed by atoms with Crippen LogP contribution in [0.25, 0.3) is 0 Å². The van der Waals surface area contributed by atoms with Crippen LogP contribution in [0.1, 0.15) is 18.4 Å². The number of hydrogen-bond donors (Lipinski definition) is 2. The van der Waals surface area contributed by atoms with Crippen LogP contribution in [-0.4, -0.2) is 41.5 Å². The Morgan fingerprint density at radius 2 is 2.12 bits per heavy atom. The maximum Gasteiger partial charge on any atom is 0.317 e. The number of benzene rings is 1. The van der Waals surface area contributed by atoms with Gasteiger partial charge in [-0.25, -0.2) is 9.78 Å². The molecule has 0 unspecified atom stereocenters. The van der Waals surface area contributed by atoms with E-state index in [1.165, 1.54) is 16.9 Å². The van der Waals surface area contributed by atoms with Crippen LogP contribution in [0.5, 0.6) is 0 Å². The minimum atomic E-state index is -0.183. The zero-order valence-corrected chi connectivity index (χ0v) is 14.8. The van der Waals surface area contributed by atoms with Gasteiger partial charge in [0.15, 0.2) is 5.13 Å². The highest BCUT2D eigenvalue weighted by Crippen LogP contribution is 2.19. The summed E-state index contributed by atoms with van der Waals surface area (Å²) in [5.74, 6) is -0.241. The van der Waals surface area contributed by atoms with Gasteiger partial charge in [0.1, 0.15) is 0 Å². The summed E-state index contributed by atoms with van der Waals surface area (Å²) in [5.41, 5.74) is 1.20. The van der Waals surface area contributed by atoms with Crippen molar-refractivity contribution < 1.29 is 9.59 Å². The largest absolute Gasteiger partial charge is 0.338 e. The minimum Gasteiger partial charge on any atom is -0.338 e. The summed E-state index contributed by atoms with van der Waals surface area (Å²) in [4.78, 5) is 30.5. The first-order chi connectivity index (χ1) is 12.2. The fourth-order valence-corrected chi connectivity index (χ4v) is 3.47. The van der Waals surface area contributed by atoms with Gasteiger partial charge in [-0.05, 0) is 24.8 Å². The predicted octanol–water partition coefficient (Wildman–Crippen LogP) is 2.75. The summed E-state index contributed by atoms with van der Waals surface area (Å²) in [6, 6.07) is 9.97. The molecule has 1 saturated heterocycles. The van der Waals surface area contributed by atoms with Crippen LogP contribution in [0.4, 0.5) is 9.93 Å². The third-order valence-corrected chi connectivity index (χ3v) is 4.96. The van der Waals surface area contributed by atoms with Gasteiger partial charge >= 0.3 is 6.03 Å². The molecule has 1 aliphatic rings. The smallest absolute Gasteiger partial charge is 0.317 e. The number of hydrogen-bond acceptors (Lipinski definition) is 4. The molecule has 6 nitrogen and oxygen atoms in total. The third kappa shape index (κ3) is 5.03. The van der Waals surface area contributed by atoms with E-state index >= 15 is 0 Å². The molecule has 0 bridgehead atoms. The van der Waals surface area contributed by atoms with E-state index < -0.39 is 0 Å². The molecule has 0 saturated carbocycles. The van der Waals surface area contributed by atoms with Crippen molar-refractivity contribution in [3.8, 4) is 0 Å². The monoisotopic (exact) mass is 358 g/mol. The van der Waals surface area contributed by atoms with Crippen molar-refractivity contribution in [3.63, 3.8) is 0 Å². The number of carbonyl (C=O) groups is 2. The summed E-state index contributed by atoms with van der Waals surface area (Å²) in [6.45, 7) is 1.74. The molecule has 3 amide bonds. The lowest BCUT2D eigenvalue weighted by Crippen LogP contribution is -2.48. The van der Waals surface area contributed by atoms with Crippen molar-refractivity contribution in [3.05, 3.63) is 47.5 Å². The standard InChI is InChI=1S/C18H22N4O2S/c23-16(21-17-19-10-12-25-17)15-7-4-11-22(13-15)18(24)20-9-8-14-5-2-1-3-6-14/h1-3,5-6,10,12,15H,4,7-9,11,13H2,(H,20,24)(H,19,21,23)/t15-/m0/s1. The topological polar surface area (TPSA) is 74.3 Å². The predicted molar refractivity (Wildman–Crippen MR) is 98.6 cm³/mol. The molecule has 2 heterocycles. The number of amides is 3. The van der Waals surface area contributed by atoms with E-state index in [0.717, 1.165) is 19.3 Å². The zero-order valence-electron chi connectivity index (χ0n) is 14.0. The molecular weight excluding hydrogens is 336 g/mol. The van der Waals surface area contributed by atoms with Gasteiger partial charge in [0.25, 0.3) is 0 Å². The van der Waals surface area contributed by atoms with Gasteiger partial charge < -0.3 is 15.5 Å². The molecule has 2 aromatic rings. The second-order valence-corrected chi connectivity index (χ2v) is 6.97. The van der Waals surface area contributed by atoms with Gasteiger partial charge in [-0.1, -0.05) is 30.3 Å². The van der Waals surface area contributed by atoms with Crippen molar-refractivity contribution in [1.82, 2.24) is 15.2 Å². The molecule has 0 aliphatic carbocycles. The Hall–Kier alpha value is -2.41. The average Bonchev–Trinajstić information content (AvgIpc) is 3.15. The molecule has 1 aromatic heterocycles. The lowest BCUT2D eigenvalue weighted by molar-refractivity contribution is -0.121. The fraction of sp³-hybridized carbons (Fsp3) is 0.389. The Labute approximate surface area is 151 Å². The second kappa shape index (κ2) is 8.62. The van der Waals surface area contributed by atoms with Crippen molar-refractivity contribution in [1.29, 1.82) is 0 Å². The number of urea groups is 1. The van der Waals surface area contributed by atoms with Crippen LogP contribution in [0.2, 0.25) is 0 Å². The van der Waals surface area contributed by atoms with E-state index in [1.54, 1.807) is 11.1 Å². The molecule has 7 heteroatoms. The van der Waals surface area contributed by atoms with Crippen LogP contribution >= 0.6 is 11.3 Å². The maximum absolute atomic E-state index is 12.3. The highest BCUT2D eigenvalue weighted by molar-refractivity contribution is 7.13. The van der Waals surface area contributed by atoms with E-state index in [1.807, 2.05) is 35.7 Å². The van der Waals surface area contributed by atoms with E-state index in [0.29, 0.717) is 24.8 Å². The number of nitrogens with one attached hydrogen (secondary N) is 2. The van der Waals surface area contributed by atoms with Crippen LogP contribution in [0.15, 0.2) is 41.9 Å². The summed E-state index contributed by atoms with van der Waals surface area (Å²) >= 11 is 1.40. The Morgan fingerprint density at radius 3 is 2.88 bits per heavy atom. The Kier molecular flexibility index (Phi) is 6.00. The molecule has 0 radical (unpaired) electrons. The first-order valence-corrected chi connectivity index (χ1v) is 9.37. The molecule has 1 aliphatic heterocycles. The van der Waals surface area contributed by atoms with Crippen LogP contribution in [0, 0.1) is 5.92 Å². The molecule has 3 rings (SSSR count). The lowest BCUT2D eigenvalue weighted by atomic mass is 9.97. The number of aromatic nitrogens is 1. The number of carbonyl (C=O) groups excluding carboxylic acids is 2. The van der Waals surface area contributed by atoms with Crippen molar-refractivity contribution in [2.75, 3.05) is 25.0 Å². The quantitative estimate of drug-likeness (QED) is 0.863. The van der Waals surface area contributed by atoms with Gasteiger partial charge in [0.05, 0.1) is 5.92 Å². The highest BCUT2D eigenvalue weighted by Gasteiger charge is 2.28. The van der Waals surface area contributed by atoms with Gasteiger partial charge in [-0.15, -0.1) is 11.3 Å². The molecule has 132 valence electrons. The summed E-state index contributed by atoms with van der Waals surface area (Å²) < 4.78 is 0. The molecule has 25 heavy (non-hydrogen) atoms. The highest BCUT2D eigenvalue weighted by atomic mass is 32.1. The number of likely N-dealkylation sites (tertiary alicyclic amines) is 1. The van der Waals surface area contributed by atoms with E-state index in [4.69, 9.17) is 0 Å². The first-order valence-electron chi connectivity index (χ1n) is 8.49. The molecule has 2 N–H and O–H groups in total. The van der Waals surface area contributed by atoms with Gasteiger partial charge in [0.2, 0.25) is 5.91 Å². The number of thiazole rings is 1. The normalized spacial score (nSPS) is 17.1. The van der Waals surface area contributed by atoms with Crippen LogP contribution in [-0.2, 0) is 11.2 Å². The second-order valence-electron chi connectivity index (χ2n) is 6.08. The molecular formula is C18H22N4O2S. The number of piperidine rings is 1. The summed E-state index contributed by atoms with van der Waals surface area (Å²) in [6.07, 6.45) is 4.09. The van der Waals surface area contributed by atoms with Crippen LogP contribution < -0.4 is 10.6 Å². The zero-order chi connectivity index (χ0) is 17.5. The third-order valence-electron chi connectivity index (χ3n) is 4.27. The SMILES string of the molecule is O=C(Nc1nccs1)[C@H]1CCCN(C(=O)NCCc2ccccc2)C1. The van der Waals surface area contributed by atoms with Gasteiger partial charge in [0, 0.05) is 31.2 Å². The van der Waals surface area contributed by atoms with Crippen molar-refractivity contribution >= 4 is 28.4 Å². The molecule has 0 spiro atoms. The average molecular weight is 358 g/mol. The Balaban J connectivity index is 1.45. The number of anilines is 1. The maximum atomic E-state index is 12.3. The van der Waals surface area contributed by atoms with Crippen molar-refractivity contribution in [2.24, 2.45) is 5.92 Å². The minimum absolute atomic E-state index is 0.0586. The van der Waals surface area contributed by atoms with Gasteiger partial charge in [-0.2, -0.15) is 0 Å². The fourth-order valence-electron chi connectivity index (χ4n) is 2.94. The number of rotatable bonds is 5. The van der Waals surface area contributed by atoms with E-state index in [-0.39, 0.29) is 17.9 Å². The number of nitrogens with zero attached hydrogens (tertiary/aromatic N) is 2. The molecule has 1 aromatic carbocycles. The summed E-state index contributed by atoms with van der Waals surface area (Å²) in [5, 5.41) is 8.21. The molecule has 1 atom stereocenters. The van der Waals surface area contributed by atoms with Crippen molar-refractivity contribution in [2.45, 2.75) is 19.3 Å². The molecule has 1 fully saturated rings. The van der Waals surface area contributed by atoms with E-state index in [9.17, 15) is 9.59 Å². The lowest BCUT2D eigenvalue weighted by Gasteiger charge is -2.31.